The number of carbonyl (C=O) groups excluding carboxylic acids is 2. The van der Waals surface area contributed by atoms with E-state index in [0.717, 1.165) is 18.3 Å². The number of hydrogen-bond acceptors (Lipinski definition) is 3. The van der Waals surface area contributed by atoms with Crippen LogP contribution < -0.4 is 0 Å². The Morgan fingerprint density at radius 2 is 1.89 bits per heavy atom. The normalized spacial score (nSPS) is 56.2. The molecule has 1 aliphatic heterocycles. The Labute approximate surface area is 108 Å². The fourth-order valence-corrected chi connectivity index (χ4v) is 4.74. The lowest BCUT2D eigenvalue weighted by molar-refractivity contribution is -0.143. The Kier molecular flexibility index (Phi) is 2.23. The molecule has 0 aromatic heterocycles. The maximum atomic E-state index is 12.3. The van der Waals surface area contributed by atoms with Gasteiger partial charge in [-0.2, -0.15) is 0 Å². The van der Waals surface area contributed by atoms with Crippen molar-refractivity contribution in [2.24, 2.45) is 22.7 Å². The van der Waals surface area contributed by atoms with Crippen LogP contribution >= 0.6 is 0 Å². The molecule has 3 nitrogen and oxygen atoms in total. The van der Waals surface area contributed by atoms with Gasteiger partial charge in [-0.1, -0.05) is 33.3 Å². The van der Waals surface area contributed by atoms with Gasteiger partial charge < -0.3 is 4.74 Å². The molecule has 6 unspecified atom stereocenters. The standard InChI is InChI=1S/C15H20O3/c1-8-10(5-6-16)7-11-14(3)9(2)12(17)13(18-11)15(8,14)4/h5-6,8-9,11,13H,7H2,1-4H3. The zero-order valence-corrected chi connectivity index (χ0v) is 11.4. The van der Waals surface area contributed by atoms with Gasteiger partial charge in [0.25, 0.3) is 0 Å². The third-order valence-electron chi connectivity index (χ3n) is 6.42. The van der Waals surface area contributed by atoms with Crippen molar-refractivity contribution in [1.29, 1.82) is 0 Å². The minimum atomic E-state index is -0.282. The summed E-state index contributed by atoms with van der Waals surface area (Å²) >= 11 is 0. The second-order valence-electron chi connectivity index (χ2n) is 6.50. The van der Waals surface area contributed by atoms with Crippen LogP contribution in [0.1, 0.15) is 34.1 Å². The summed E-state index contributed by atoms with van der Waals surface area (Å²) in [5.41, 5.74) is 0.884. The van der Waals surface area contributed by atoms with Crippen molar-refractivity contribution in [3.05, 3.63) is 11.6 Å². The Bertz CT molecular complexity index is 466. The van der Waals surface area contributed by atoms with Crippen molar-refractivity contribution in [3.63, 3.8) is 0 Å². The molecule has 1 saturated heterocycles. The van der Waals surface area contributed by atoms with Crippen LogP contribution in [0.25, 0.3) is 0 Å². The largest absolute Gasteiger partial charge is 0.366 e. The molecule has 2 aliphatic carbocycles. The Morgan fingerprint density at radius 3 is 2.50 bits per heavy atom. The van der Waals surface area contributed by atoms with Crippen LogP contribution in [0.4, 0.5) is 0 Å². The summed E-state index contributed by atoms with van der Waals surface area (Å²) in [6.45, 7) is 8.54. The van der Waals surface area contributed by atoms with E-state index in [4.69, 9.17) is 4.74 Å². The number of aldehydes is 1. The maximum absolute atomic E-state index is 12.3. The van der Waals surface area contributed by atoms with E-state index in [-0.39, 0.29) is 40.7 Å². The Morgan fingerprint density at radius 1 is 1.22 bits per heavy atom. The molecule has 2 saturated carbocycles. The molecule has 3 aliphatic rings. The summed E-state index contributed by atoms with van der Waals surface area (Å²) in [5.74, 6) is 0.535. The molecule has 3 rings (SSSR count). The minimum Gasteiger partial charge on any atom is -0.366 e. The predicted molar refractivity (Wildman–Crippen MR) is 67.0 cm³/mol. The average molecular weight is 248 g/mol. The first-order chi connectivity index (χ1) is 8.39. The van der Waals surface area contributed by atoms with E-state index in [1.807, 2.05) is 6.92 Å². The highest BCUT2D eigenvalue weighted by Crippen LogP contribution is 2.71. The highest BCUT2D eigenvalue weighted by molar-refractivity contribution is 5.91. The zero-order valence-electron chi connectivity index (χ0n) is 11.4. The van der Waals surface area contributed by atoms with Gasteiger partial charge in [0.2, 0.25) is 0 Å². The lowest BCUT2D eigenvalue weighted by atomic mass is 9.52. The molecule has 0 N–H and O–H groups in total. The van der Waals surface area contributed by atoms with E-state index < -0.39 is 0 Å². The van der Waals surface area contributed by atoms with Gasteiger partial charge in [-0.15, -0.1) is 0 Å². The number of hydrogen-bond donors (Lipinski definition) is 0. The number of rotatable bonds is 1. The van der Waals surface area contributed by atoms with Gasteiger partial charge in [-0.25, -0.2) is 0 Å². The molecule has 0 spiro atoms. The van der Waals surface area contributed by atoms with Gasteiger partial charge in [0.05, 0.1) is 6.10 Å². The first kappa shape index (κ1) is 12.1. The van der Waals surface area contributed by atoms with Crippen LogP contribution in [-0.4, -0.2) is 24.3 Å². The summed E-state index contributed by atoms with van der Waals surface area (Å²) in [5, 5.41) is 0. The van der Waals surface area contributed by atoms with Crippen LogP contribution in [0.3, 0.4) is 0 Å². The summed E-state index contributed by atoms with van der Waals surface area (Å²) in [6.07, 6.45) is 3.12. The topological polar surface area (TPSA) is 43.4 Å². The molecule has 3 heteroatoms. The van der Waals surface area contributed by atoms with Crippen molar-refractivity contribution >= 4 is 12.1 Å². The summed E-state index contributed by atoms with van der Waals surface area (Å²) < 4.78 is 6.01. The van der Waals surface area contributed by atoms with E-state index in [0.29, 0.717) is 0 Å². The fraction of sp³-hybridized carbons (Fsp3) is 0.733. The van der Waals surface area contributed by atoms with Crippen LogP contribution in [0.2, 0.25) is 0 Å². The van der Waals surface area contributed by atoms with Gasteiger partial charge in [0.15, 0.2) is 5.78 Å². The second kappa shape index (κ2) is 3.32. The highest BCUT2D eigenvalue weighted by atomic mass is 16.5. The number of Topliss-reactive ketones (excluding diaryl/α,β-unsaturated/α-hetero) is 1. The van der Waals surface area contributed by atoms with Crippen LogP contribution in [0.15, 0.2) is 11.6 Å². The van der Waals surface area contributed by atoms with Crippen molar-refractivity contribution in [3.8, 4) is 0 Å². The van der Waals surface area contributed by atoms with Gasteiger partial charge in [-0.05, 0) is 18.4 Å². The lowest BCUT2D eigenvalue weighted by Crippen LogP contribution is -2.50. The Balaban J connectivity index is 2.16. The van der Waals surface area contributed by atoms with E-state index >= 15 is 0 Å². The number of carbonyl (C=O) groups is 2. The quantitative estimate of drug-likeness (QED) is 0.527. The molecule has 98 valence electrons. The van der Waals surface area contributed by atoms with E-state index in [9.17, 15) is 9.59 Å². The molecule has 0 aromatic rings. The molecule has 1 heterocycles. The number of ether oxygens (including phenoxy) is 1. The summed E-state index contributed by atoms with van der Waals surface area (Å²) in [6, 6.07) is 0. The molecule has 6 atom stereocenters. The first-order valence-corrected chi connectivity index (χ1v) is 6.72. The summed E-state index contributed by atoms with van der Waals surface area (Å²) in [7, 11) is 0. The molecular weight excluding hydrogens is 228 g/mol. The van der Waals surface area contributed by atoms with Crippen molar-refractivity contribution in [2.75, 3.05) is 0 Å². The molecular formula is C15H20O3. The second-order valence-corrected chi connectivity index (χ2v) is 6.50. The van der Waals surface area contributed by atoms with E-state index in [1.54, 1.807) is 6.08 Å². The number of allylic oxidation sites excluding steroid dienone is 1. The highest BCUT2D eigenvalue weighted by Gasteiger charge is 2.75. The predicted octanol–water partition coefficient (Wildman–Crippen LogP) is 2.15. The molecule has 0 amide bonds. The molecule has 0 radical (unpaired) electrons. The summed E-state index contributed by atoms with van der Waals surface area (Å²) in [4.78, 5) is 23.1. The molecule has 3 fully saturated rings. The van der Waals surface area contributed by atoms with Gasteiger partial charge >= 0.3 is 0 Å². The smallest absolute Gasteiger partial charge is 0.165 e. The van der Waals surface area contributed by atoms with Crippen molar-refractivity contribution < 1.29 is 14.3 Å². The van der Waals surface area contributed by atoms with Gasteiger partial charge in [0, 0.05) is 16.7 Å². The maximum Gasteiger partial charge on any atom is 0.165 e. The number of ketones is 1. The SMILES string of the molecule is CC1C(=O)C2OC3CC(=CC=O)C(C)C2(C)C31C. The van der Waals surface area contributed by atoms with Crippen molar-refractivity contribution in [1.82, 2.24) is 0 Å². The van der Waals surface area contributed by atoms with Crippen molar-refractivity contribution in [2.45, 2.75) is 46.3 Å². The average Bonchev–Trinajstić information content (AvgIpc) is 2.58. The fourth-order valence-electron chi connectivity index (χ4n) is 4.74. The monoisotopic (exact) mass is 248 g/mol. The van der Waals surface area contributed by atoms with Gasteiger partial charge in [-0.3, -0.25) is 9.59 Å². The lowest BCUT2D eigenvalue weighted by Gasteiger charge is -2.50. The third-order valence-corrected chi connectivity index (χ3v) is 6.42. The Hall–Kier alpha value is -0.960. The van der Waals surface area contributed by atoms with Crippen LogP contribution in [-0.2, 0) is 14.3 Å². The zero-order chi connectivity index (χ0) is 13.3. The third kappa shape index (κ3) is 0.979. The van der Waals surface area contributed by atoms with Gasteiger partial charge in [0.1, 0.15) is 12.4 Å². The molecule has 4 bridgehead atoms. The van der Waals surface area contributed by atoms with Crippen LogP contribution in [0, 0.1) is 22.7 Å². The van der Waals surface area contributed by atoms with E-state index in [1.165, 1.54) is 0 Å². The minimum absolute atomic E-state index is 0.0616. The first-order valence-electron chi connectivity index (χ1n) is 6.72. The van der Waals surface area contributed by atoms with Crippen LogP contribution in [0.5, 0.6) is 0 Å². The molecule has 0 aromatic carbocycles. The molecule has 18 heavy (non-hydrogen) atoms. The van der Waals surface area contributed by atoms with E-state index in [2.05, 4.69) is 20.8 Å².